The second-order valence-corrected chi connectivity index (χ2v) is 11.2. The molecule has 0 fully saturated rings. The Morgan fingerprint density at radius 3 is 2.44 bits per heavy atom. The first kappa shape index (κ1) is 26.1. The molecule has 3 atom stereocenters. The van der Waals surface area contributed by atoms with E-state index in [1.54, 1.807) is 38.1 Å². The summed E-state index contributed by atoms with van der Waals surface area (Å²) in [6.07, 6.45) is -5.06. The first-order valence-electron chi connectivity index (χ1n) is 10.4. The van der Waals surface area contributed by atoms with Crippen LogP contribution < -0.4 is 10.5 Å². The number of benzene rings is 1. The molecule has 1 aromatic heterocycles. The Morgan fingerprint density at radius 1 is 1.18 bits per heavy atom. The molecule has 34 heavy (non-hydrogen) atoms. The number of rotatable bonds is 7. The molecule has 8 nitrogen and oxygen atoms in total. The van der Waals surface area contributed by atoms with Crippen molar-refractivity contribution in [2.75, 3.05) is 11.5 Å². The average Bonchev–Trinajstić information content (AvgIpc) is 2.74. The molecule has 3 unspecified atom stereocenters. The van der Waals surface area contributed by atoms with Gasteiger partial charge in [-0.3, -0.25) is 9.78 Å². The number of ether oxygens (including phenoxy) is 1. The maximum atomic E-state index is 13.9. The number of carbonyl (C=O) groups excluding carboxylic acids is 1. The van der Waals surface area contributed by atoms with Crippen molar-refractivity contribution in [3.8, 4) is 11.5 Å². The summed E-state index contributed by atoms with van der Waals surface area (Å²) in [6.45, 7) is 3.19. The number of pyridine rings is 1. The van der Waals surface area contributed by atoms with Crippen molar-refractivity contribution in [2.45, 2.75) is 50.1 Å². The number of amides is 1. The van der Waals surface area contributed by atoms with Crippen LogP contribution in [-0.4, -0.2) is 49.0 Å². The summed E-state index contributed by atoms with van der Waals surface area (Å²) >= 11 is 0. The van der Waals surface area contributed by atoms with E-state index in [0.717, 1.165) is 12.3 Å². The van der Waals surface area contributed by atoms with Crippen LogP contribution in [0.15, 0.2) is 47.0 Å². The molecule has 0 bridgehead atoms. The Balaban J connectivity index is 1.82. The van der Waals surface area contributed by atoms with Gasteiger partial charge in [-0.05, 0) is 50.1 Å². The molecule has 1 amide bonds. The van der Waals surface area contributed by atoms with E-state index in [9.17, 15) is 32.4 Å². The van der Waals surface area contributed by atoms with Gasteiger partial charge in [0.25, 0.3) is 5.91 Å². The number of nitrogens with two attached hydrogens (primary N) is 1. The summed E-state index contributed by atoms with van der Waals surface area (Å²) < 4.78 is 63.4. The van der Waals surface area contributed by atoms with E-state index in [-0.39, 0.29) is 17.9 Å². The highest BCUT2D eigenvalue weighted by Gasteiger charge is 2.56. The molecule has 0 spiro atoms. The van der Waals surface area contributed by atoms with Crippen LogP contribution in [0.2, 0.25) is 0 Å². The van der Waals surface area contributed by atoms with Crippen LogP contribution in [0.5, 0.6) is 11.5 Å². The van der Waals surface area contributed by atoms with Crippen molar-refractivity contribution >= 4 is 15.6 Å². The molecule has 0 saturated heterocycles. The summed E-state index contributed by atoms with van der Waals surface area (Å²) in [4.78, 5) is 15.4. The molecule has 0 radical (unpaired) electrons. The lowest BCUT2D eigenvalue weighted by Gasteiger charge is -2.31. The molecule has 3 rings (SSSR count). The van der Waals surface area contributed by atoms with Gasteiger partial charge in [-0.2, -0.15) is 17.5 Å². The Labute approximate surface area is 195 Å². The van der Waals surface area contributed by atoms with E-state index in [4.69, 9.17) is 10.5 Å². The first-order chi connectivity index (χ1) is 15.6. The monoisotopic (exact) mass is 501 g/mol. The predicted octanol–water partition coefficient (Wildman–Crippen LogP) is 2.97. The van der Waals surface area contributed by atoms with Gasteiger partial charge in [-0.25, -0.2) is 4.21 Å². The number of nitrogens with zero attached hydrogens (tertiary/aromatic N) is 2. The summed E-state index contributed by atoms with van der Waals surface area (Å²) in [5.41, 5.74) is 0.844. The van der Waals surface area contributed by atoms with E-state index < -0.39 is 56.9 Å². The van der Waals surface area contributed by atoms with Gasteiger partial charge in [0.1, 0.15) is 11.5 Å². The second-order valence-electron chi connectivity index (χ2n) is 8.68. The fourth-order valence-electron chi connectivity index (χ4n) is 3.34. The van der Waals surface area contributed by atoms with E-state index in [1.165, 1.54) is 6.07 Å². The number of carbonyl (C=O) groups is 1. The van der Waals surface area contributed by atoms with Gasteiger partial charge in [0.2, 0.25) is 5.60 Å². The third kappa shape index (κ3) is 5.74. The largest absolute Gasteiger partial charge is 0.456 e. The van der Waals surface area contributed by atoms with Gasteiger partial charge in [0, 0.05) is 17.9 Å². The molecule has 1 aromatic carbocycles. The Hall–Kier alpha value is -2.54. The number of aliphatic hydroxyl groups is 2. The van der Waals surface area contributed by atoms with Gasteiger partial charge in [-0.15, -0.1) is 0 Å². The molecule has 12 heteroatoms. The van der Waals surface area contributed by atoms with Crippen LogP contribution in [0.1, 0.15) is 37.9 Å². The lowest BCUT2D eigenvalue weighted by molar-refractivity contribution is -0.268. The Morgan fingerprint density at radius 2 is 1.88 bits per heavy atom. The van der Waals surface area contributed by atoms with Crippen LogP contribution in [0.25, 0.3) is 0 Å². The van der Waals surface area contributed by atoms with E-state index >= 15 is 0 Å². The maximum absolute atomic E-state index is 13.9. The Kier molecular flexibility index (Phi) is 7.09. The smallest absolute Gasteiger partial charge is 0.423 e. The van der Waals surface area contributed by atoms with Crippen molar-refractivity contribution in [1.82, 2.24) is 4.98 Å². The minimum Gasteiger partial charge on any atom is -0.456 e. The van der Waals surface area contributed by atoms with Crippen LogP contribution in [-0.2, 0) is 25.7 Å². The highest BCUT2D eigenvalue weighted by atomic mass is 32.2. The van der Waals surface area contributed by atoms with Crippen LogP contribution in [0.3, 0.4) is 0 Å². The van der Waals surface area contributed by atoms with E-state index in [2.05, 4.69) is 9.35 Å². The highest BCUT2D eigenvalue weighted by molar-refractivity contribution is 7.93. The van der Waals surface area contributed by atoms with Crippen molar-refractivity contribution in [3.05, 3.63) is 53.9 Å². The zero-order valence-corrected chi connectivity index (χ0v) is 19.4. The van der Waals surface area contributed by atoms with E-state index in [1.807, 2.05) is 0 Å². The van der Waals surface area contributed by atoms with Gasteiger partial charge < -0.3 is 20.7 Å². The van der Waals surface area contributed by atoms with Crippen molar-refractivity contribution < 1.29 is 37.1 Å². The normalized spacial score (nSPS) is 23.2. The third-order valence-electron chi connectivity index (χ3n) is 5.51. The van der Waals surface area contributed by atoms with Crippen LogP contribution in [0.4, 0.5) is 13.2 Å². The minimum atomic E-state index is -5.13. The molecular formula is C22H26F3N3O5S. The highest BCUT2D eigenvalue weighted by Crippen LogP contribution is 2.42. The summed E-state index contributed by atoms with van der Waals surface area (Å²) in [6, 6.07) is 7.79. The molecule has 0 aliphatic carbocycles. The lowest BCUT2D eigenvalue weighted by Crippen LogP contribution is -2.45. The quantitative estimate of drug-likeness (QED) is 0.531. The summed E-state index contributed by atoms with van der Waals surface area (Å²) in [7, 11) is -3.28. The van der Waals surface area contributed by atoms with Crippen molar-refractivity contribution in [3.63, 3.8) is 0 Å². The number of alkyl halides is 3. The van der Waals surface area contributed by atoms with Crippen molar-refractivity contribution in [2.24, 2.45) is 10.1 Å². The molecule has 1 aliphatic rings. The molecular weight excluding hydrogens is 475 g/mol. The molecule has 1 aliphatic heterocycles. The topological polar surface area (TPSA) is 135 Å². The lowest BCUT2D eigenvalue weighted by atomic mass is 9.95. The SMILES string of the molecule is CC(C)(O)c1cccc(Oc2ccc(C(O)(CCS3(=O)=NC(=O)C(N)CC3)C(F)(F)F)nc2)c1. The standard InChI is InChI=1S/C22H26F3N3O5S/c1-20(2,30)14-4-3-5-15(12-14)33-16-6-7-18(27-13-16)21(31,22(23,24)25)9-11-34(32)10-8-17(26)19(29)28-34/h3-7,12-13,17,30-31H,8-11,26H2,1-2H3. The second kappa shape index (κ2) is 9.25. The van der Waals surface area contributed by atoms with Gasteiger partial charge >= 0.3 is 6.18 Å². The molecule has 0 saturated carbocycles. The minimum absolute atomic E-state index is 0.0462. The predicted molar refractivity (Wildman–Crippen MR) is 118 cm³/mol. The fraction of sp³-hybridized carbons (Fsp3) is 0.455. The van der Waals surface area contributed by atoms with Gasteiger partial charge in [0.15, 0.2) is 0 Å². The summed E-state index contributed by atoms with van der Waals surface area (Å²) in [5, 5.41) is 20.7. The zero-order valence-electron chi connectivity index (χ0n) is 18.6. The first-order valence-corrected chi connectivity index (χ1v) is 12.3. The molecule has 186 valence electrons. The Bertz CT molecular complexity index is 1170. The zero-order chi connectivity index (χ0) is 25.4. The fourth-order valence-corrected chi connectivity index (χ4v) is 5.43. The van der Waals surface area contributed by atoms with Crippen LogP contribution in [0, 0.1) is 0 Å². The summed E-state index contributed by atoms with van der Waals surface area (Å²) in [5.74, 6) is -1.16. The van der Waals surface area contributed by atoms with Gasteiger partial charge in [-0.1, -0.05) is 12.1 Å². The van der Waals surface area contributed by atoms with Gasteiger partial charge in [0.05, 0.1) is 33.3 Å². The van der Waals surface area contributed by atoms with Crippen molar-refractivity contribution in [1.29, 1.82) is 0 Å². The number of halogens is 3. The van der Waals surface area contributed by atoms with E-state index in [0.29, 0.717) is 11.3 Å². The molecule has 2 aromatic rings. The number of hydrogen-bond donors (Lipinski definition) is 3. The maximum Gasteiger partial charge on any atom is 0.423 e. The molecule has 4 N–H and O–H groups in total. The van der Waals surface area contributed by atoms with Crippen LogP contribution >= 0.6 is 0 Å². The number of aromatic nitrogens is 1. The third-order valence-corrected chi connectivity index (χ3v) is 7.74. The molecule has 2 heterocycles. The number of hydrogen-bond acceptors (Lipinski definition) is 7. The average molecular weight is 502 g/mol.